The Morgan fingerprint density at radius 1 is 0.769 bits per heavy atom. The highest BCUT2D eigenvalue weighted by molar-refractivity contribution is 5.81. The van der Waals surface area contributed by atoms with Crippen molar-refractivity contribution in [3.8, 4) is 22.8 Å². The minimum absolute atomic E-state index is 0.287. The van der Waals surface area contributed by atoms with Crippen molar-refractivity contribution in [3.63, 3.8) is 0 Å². The van der Waals surface area contributed by atoms with Crippen molar-refractivity contribution in [3.05, 3.63) is 59.7 Å². The first-order valence-corrected chi connectivity index (χ1v) is 11.5. The second kappa shape index (κ2) is 13.3. The summed E-state index contributed by atoms with van der Waals surface area (Å²) in [5.41, 5.74) is 2.87. The van der Waals surface area contributed by atoms with Gasteiger partial charge in [0.1, 0.15) is 0 Å². The van der Waals surface area contributed by atoms with E-state index < -0.39 is 18.2 Å². The lowest BCUT2D eigenvalue weighted by Gasteiger charge is -2.20. The van der Waals surface area contributed by atoms with Crippen LogP contribution in [0.4, 0.5) is 0 Å². The fraction of sp³-hybridized carbons (Fsp3) is 0.333. The molecule has 1 N–H and O–H groups in total. The number of nitrogens with zero attached hydrogens (tertiary/aromatic N) is 9. The molecule has 15 heteroatoms. The fourth-order valence-corrected chi connectivity index (χ4v) is 3.43. The maximum atomic E-state index is 12.1. The number of carbonyl (C=O) groups is 2. The lowest BCUT2D eigenvalue weighted by molar-refractivity contribution is -0.179. The molecule has 206 valence electrons. The Labute approximate surface area is 223 Å². The van der Waals surface area contributed by atoms with E-state index in [0.29, 0.717) is 17.2 Å². The van der Waals surface area contributed by atoms with E-state index in [-0.39, 0.29) is 5.91 Å². The Balaban J connectivity index is 0.000000218. The van der Waals surface area contributed by atoms with Crippen molar-refractivity contribution in [2.45, 2.75) is 12.2 Å². The van der Waals surface area contributed by atoms with Crippen molar-refractivity contribution >= 4 is 11.9 Å². The zero-order chi connectivity index (χ0) is 28.5. The third-order valence-electron chi connectivity index (χ3n) is 5.46. The number of carbonyl (C=O) groups excluding carboxylic acids is 1. The molecule has 2 heterocycles. The Morgan fingerprint density at radius 3 is 1.49 bits per heavy atom. The van der Waals surface area contributed by atoms with Gasteiger partial charge in [-0.05, 0) is 21.6 Å². The third kappa shape index (κ3) is 7.25. The largest absolute Gasteiger partial charge is 0.479 e. The first kappa shape index (κ1) is 29.0. The van der Waals surface area contributed by atoms with Gasteiger partial charge in [-0.1, -0.05) is 48.5 Å². The van der Waals surface area contributed by atoms with Gasteiger partial charge in [0.2, 0.25) is 11.6 Å². The number of tetrazole rings is 2. The second-order valence-electron chi connectivity index (χ2n) is 8.04. The number of methoxy groups -OCH3 is 2. The first-order valence-electron chi connectivity index (χ1n) is 11.5. The van der Waals surface area contributed by atoms with Crippen LogP contribution in [0.3, 0.4) is 0 Å². The van der Waals surface area contributed by atoms with E-state index in [2.05, 4.69) is 30.8 Å². The van der Waals surface area contributed by atoms with Gasteiger partial charge in [0, 0.05) is 32.4 Å². The Hall–Kier alpha value is -4.60. The lowest BCUT2D eigenvalue weighted by atomic mass is 10.1. The number of benzene rings is 2. The number of amides is 1. The molecule has 0 aliphatic rings. The summed E-state index contributed by atoms with van der Waals surface area (Å²) >= 11 is 0. The van der Waals surface area contributed by atoms with Crippen molar-refractivity contribution in [2.24, 2.45) is 14.1 Å². The molecule has 0 saturated heterocycles. The van der Waals surface area contributed by atoms with Gasteiger partial charge in [0.15, 0.2) is 12.2 Å². The smallest absolute Gasteiger partial charge is 0.337 e. The molecule has 4 aromatic rings. The van der Waals surface area contributed by atoms with Crippen molar-refractivity contribution in [1.82, 2.24) is 45.5 Å². The highest BCUT2D eigenvalue weighted by Gasteiger charge is 2.24. The molecule has 2 aromatic heterocycles. The topological polar surface area (TPSA) is 172 Å². The van der Waals surface area contributed by atoms with E-state index in [1.54, 1.807) is 50.5 Å². The summed E-state index contributed by atoms with van der Waals surface area (Å²) in [6.07, 6.45) is -1.69. The van der Waals surface area contributed by atoms with Gasteiger partial charge in [-0.25, -0.2) is 9.86 Å². The molecule has 0 aliphatic carbocycles. The Morgan fingerprint density at radius 2 is 1.18 bits per heavy atom. The molecule has 0 saturated carbocycles. The summed E-state index contributed by atoms with van der Waals surface area (Å²) in [5.74, 6) is -0.292. The predicted octanol–water partition coefficient (Wildman–Crippen LogP) is 1.23. The second-order valence-corrected chi connectivity index (χ2v) is 8.04. The zero-order valence-electron chi connectivity index (χ0n) is 22.3. The van der Waals surface area contributed by atoms with Crippen LogP contribution in [0.2, 0.25) is 0 Å². The minimum Gasteiger partial charge on any atom is -0.479 e. The van der Waals surface area contributed by atoms with Crippen LogP contribution < -0.4 is 0 Å². The number of hydroxylamine groups is 2. The van der Waals surface area contributed by atoms with E-state index in [4.69, 9.17) is 19.4 Å². The minimum atomic E-state index is -1.03. The number of ether oxygens (including phenoxy) is 2. The van der Waals surface area contributed by atoms with Crippen LogP contribution >= 0.6 is 0 Å². The van der Waals surface area contributed by atoms with Crippen molar-refractivity contribution in [1.29, 1.82) is 0 Å². The van der Waals surface area contributed by atoms with Crippen LogP contribution in [0.25, 0.3) is 22.8 Å². The summed E-state index contributed by atoms with van der Waals surface area (Å²) in [5, 5.41) is 33.6. The molecule has 4 rings (SSSR count). The molecule has 0 fully saturated rings. The van der Waals surface area contributed by atoms with E-state index in [9.17, 15) is 9.59 Å². The maximum absolute atomic E-state index is 12.1. The van der Waals surface area contributed by atoms with E-state index in [0.717, 1.165) is 21.8 Å². The average Bonchev–Trinajstić information content (AvgIpc) is 3.58. The fourth-order valence-electron chi connectivity index (χ4n) is 3.43. The van der Waals surface area contributed by atoms with Crippen molar-refractivity contribution < 1.29 is 29.0 Å². The average molecular weight is 540 g/mol. The van der Waals surface area contributed by atoms with Gasteiger partial charge < -0.3 is 14.6 Å². The normalized spacial score (nSPS) is 12.3. The molecule has 0 bridgehead atoms. The summed E-state index contributed by atoms with van der Waals surface area (Å²) in [7, 11) is 9.17. The number of hydrogen-bond acceptors (Lipinski definition) is 11. The van der Waals surface area contributed by atoms with Gasteiger partial charge >= 0.3 is 5.97 Å². The molecular formula is C24H29N9O6. The molecule has 2 unspecified atom stereocenters. The SMILES string of the molecule is COC(C(=O)N(C)OC)c1ccc(-c2nnn(C)n2)cc1.COC(C(=O)O)c1ccc(-c2nnn(C)n2)cc1. The van der Waals surface area contributed by atoms with Gasteiger partial charge in [0.25, 0.3) is 5.91 Å². The molecule has 2 aromatic carbocycles. The molecule has 0 spiro atoms. The Kier molecular flexibility index (Phi) is 9.86. The van der Waals surface area contributed by atoms with Gasteiger partial charge in [-0.15, -0.1) is 20.4 Å². The standard InChI is InChI=1S/C13H17N5O3.C11H12N4O3/c1-17(21-4)13(19)11(20-3)9-5-7-10(8-6-9)12-14-16-18(2)15-12;1-15-13-10(12-14-15)8-5-3-7(4-6-8)9(18-2)11(16)17/h5-8,11H,1-4H3;3-6,9H,1-2H3,(H,16,17). The molecule has 39 heavy (non-hydrogen) atoms. The van der Waals surface area contributed by atoms with Crippen LogP contribution in [0.5, 0.6) is 0 Å². The summed E-state index contributed by atoms with van der Waals surface area (Å²) in [6.45, 7) is 0. The van der Waals surface area contributed by atoms with E-state index >= 15 is 0 Å². The highest BCUT2D eigenvalue weighted by atomic mass is 16.7. The first-order chi connectivity index (χ1) is 18.7. The van der Waals surface area contributed by atoms with Crippen LogP contribution in [0.1, 0.15) is 23.3 Å². The zero-order valence-corrected chi connectivity index (χ0v) is 22.3. The lowest BCUT2D eigenvalue weighted by Crippen LogP contribution is -2.31. The number of aromatic nitrogens is 8. The number of carboxylic acids is 1. The summed E-state index contributed by atoms with van der Waals surface area (Å²) < 4.78 is 10.2. The van der Waals surface area contributed by atoms with E-state index in [1.165, 1.54) is 38.0 Å². The highest BCUT2D eigenvalue weighted by Crippen LogP contribution is 2.23. The number of aliphatic carboxylic acids is 1. The van der Waals surface area contributed by atoms with Crippen LogP contribution in [-0.4, -0.2) is 90.8 Å². The monoisotopic (exact) mass is 539 g/mol. The summed E-state index contributed by atoms with van der Waals surface area (Å²) in [4.78, 5) is 30.7. The molecule has 1 amide bonds. The van der Waals surface area contributed by atoms with Crippen LogP contribution in [-0.2, 0) is 38.0 Å². The molecule has 0 aliphatic heterocycles. The summed E-state index contributed by atoms with van der Waals surface area (Å²) in [6, 6.07) is 14.0. The van der Waals surface area contributed by atoms with Crippen LogP contribution in [0, 0.1) is 0 Å². The number of likely N-dealkylation sites (N-methyl/N-ethyl adjacent to an activating group) is 1. The quantitative estimate of drug-likeness (QED) is 0.302. The molecule has 15 nitrogen and oxygen atoms in total. The molecule has 0 radical (unpaired) electrons. The van der Waals surface area contributed by atoms with Crippen LogP contribution in [0.15, 0.2) is 48.5 Å². The number of hydrogen-bond donors (Lipinski definition) is 1. The van der Waals surface area contributed by atoms with Gasteiger partial charge in [0.05, 0.1) is 21.2 Å². The van der Waals surface area contributed by atoms with Crippen molar-refractivity contribution in [2.75, 3.05) is 28.4 Å². The third-order valence-corrected chi connectivity index (χ3v) is 5.46. The molecule has 2 atom stereocenters. The van der Waals surface area contributed by atoms with Gasteiger partial charge in [-0.3, -0.25) is 9.63 Å². The number of carboxylic acid groups (broad SMARTS) is 1. The maximum Gasteiger partial charge on any atom is 0.337 e. The van der Waals surface area contributed by atoms with E-state index in [1.807, 2.05) is 12.1 Å². The predicted molar refractivity (Wildman–Crippen MR) is 135 cm³/mol. The number of rotatable bonds is 9. The Bertz CT molecular complexity index is 1370. The van der Waals surface area contributed by atoms with Gasteiger partial charge in [-0.2, -0.15) is 9.59 Å². The number of aryl methyl sites for hydroxylation is 2. The molecular weight excluding hydrogens is 510 g/mol.